The first-order valence-corrected chi connectivity index (χ1v) is 8.44. The van der Waals surface area contributed by atoms with Crippen molar-refractivity contribution >= 4 is 33.7 Å². The fourth-order valence-corrected chi connectivity index (χ4v) is 3.07. The van der Waals surface area contributed by atoms with Gasteiger partial charge in [0, 0.05) is 16.1 Å². The molecule has 0 saturated heterocycles. The average molecular weight is 376 g/mol. The highest BCUT2D eigenvalue weighted by Gasteiger charge is 2.12. The zero-order valence-electron chi connectivity index (χ0n) is 13.7. The van der Waals surface area contributed by atoms with E-state index in [2.05, 4.69) is 25.6 Å². The van der Waals surface area contributed by atoms with Crippen LogP contribution in [-0.2, 0) is 0 Å². The first-order valence-electron chi connectivity index (χ1n) is 8.07. The number of nitrogens with one attached hydrogen (secondary N) is 1. The highest BCUT2D eigenvalue weighted by molar-refractivity contribution is 6.30. The lowest BCUT2D eigenvalue weighted by molar-refractivity contribution is 0.645. The van der Waals surface area contributed by atoms with E-state index < -0.39 is 0 Å². The van der Waals surface area contributed by atoms with E-state index in [0.717, 1.165) is 5.56 Å². The van der Waals surface area contributed by atoms with Crippen molar-refractivity contribution in [2.75, 3.05) is 0 Å². The van der Waals surface area contributed by atoms with Crippen LogP contribution in [0.25, 0.3) is 44.7 Å². The van der Waals surface area contributed by atoms with Gasteiger partial charge < -0.3 is 4.42 Å². The Bertz CT molecular complexity index is 1340. The number of aromatic amines is 1. The van der Waals surface area contributed by atoms with Crippen molar-refractivity contribution in [3.05, 3.63) is 69.8 Å². The third-order valence-corrected chi connectivity index (χ3v) is 4.55. The summed E-state index contributed by atoms with van der Waals surface area (Å²) in [6.45, 7) is 0. The van der Waals surface area contributed by atoms with Crippen LogP contribution >= 0.6 is 11.6 Å². The Morgan fingerprint density at radius 3 is 2.52 bits per heavy atom. The molecule has 0 radical (unpaired) electrons. The van der Waals surface area contributed by atoms with Gasteiger partial charge in [-0.2, -0.15) is 0 Å². The quantitative estimate of drug-likeness (QED) is 0.471. The van der Waals surface area contributed by atoms with Crippen LogP contribution in [0.2, 0.25) is 5.02 Å². The van der Waals surface area contributed by atoms with Crippen LogP contribution in [0.1, 0.15) is 0 Å². The minimum atomic E-state index is -0.157. The maximum atomic E-state index is 12.9. The molecule has 0 spiro atoms. The van der Waals surface area contributed by atoms with Crippen molar-refractivity contribution < 1.29 is 4.42 Å². The summed E-state index contributed by atoms with van der Waals surface area (Å²) in [5.74, 6) is 0.479. The van der Waals surface area contributed by atoms with Gasteiger partial charge in [0.05, 0.1) is 16.5 Å². The molecule has 3 heterocycles. The van der Waals surface area contributed by atoms with Crippen molar-refractivity contribution in [2.24, 2.45) is 0 Å². The predicted molar refractivity (Wildman–Crippen MR) is 101 cm³/mol. The number of H-pyrrole nitrogens is 1. The molecular weight excluding hydrogens is 366 g/mol. The fourth-order valence-electron chi connectivity index (χ4n) is 2.95. The van der Waals surface area contributed by atoms with Gasteiger partial charge in [-0.3, -0.25) is 4.79 Å². The van der Waals surface area contributed by atoms with Crippen molar-refractivity contribution in [2.45, 2.75) is 0 Å². The number of hydrogen-bond donors (Lipinski definition) is 1. The molecule has 0 atom stereocenters. The van der Waals surface area contributed by atoms with Crippen molar-refractivity contribution in [1.82, 2.24) is 25.6 Å². The Balaban J connectivity index is 1.70. The zero-order valence-corrected chi connectivity index (χ0v) is 14.4. The van der Waals surface area contributed by atoms with E-state index in [0.29, 0.717) is 38.5 Å². The van der Waals surface area contributed by atoms with Gasteiger partial charge in [0.2, 0.25) is 11.1 Å². The molecule has 0 unspecified atom stereocenters. The Labute approximate surface area is 156 Å². The minimum absolute atomic E-state index is 0.157. The summed E-state index contributed by atoms with van der Waals surface area (Å²) >= 11 is 5.94. The number of halogens is 1. The molecular formula is C19H10ClN5O2. The monoisotopic (exact) mass is 375 g/mol. The third-order valence-electron chi connectivity index (χ3n) is 4.29. The van der Waals surface area contributed by atoms with Crippen LogP contribution in [0, 0.1) is 0 Å². The molecule has 1 N–H and O–H groups in total. The van der Waals surface area contributed by atoms with Crippen LogP contribution < -0.4 is 5.43 Å². The molecule has 3 aromatic heterocycles. The SMILES string of the molecule is O=c1c2cc(-c3nnn[nH]3)ccc2oc2nc(-c3ccc(Cl)cc3)ccc12. The van der Waals surface area contributed by atoms with E-state index in [1.54, 1.807) is 42.5 Å². The van der Waals surface area contributed by atoms with Crippen molar-refractivity contribution in [1.29, 1.82) is 0 Å². The molecule has 8 heteroatoms. The predicted octanol–water partition coefficient (Wildman–Crippen LogP) is 3.84. The van der Waals surface area contributed by atoms with Gasteiger partial charge >= 0.3 is 0 Å². The molecule has 0 aliphatic rings. The van der Waals surface area contributed by atoms with Crippen molar-refractivity contribution in [3.63, 3.8) is 0 Å². The second-order valence-electron chi connectivity index (χ2n) is 5.95. The summed E-state index contributed by atoms with van der Waals surface area (Å²) in [6.07, 6.45) is 0. The van der Waals surface area contributed by atoms with Gasteiger partial charge in [-0.1, -0.05) is 23.7 Å². The van der Waals surface area contributed by atoms with Gasteiger partial charge in [-0.05, 0) is 52.9 Å². The van der Waals surface area contributed by atoms with Crippen LogP contribution in [0.3, 0.4) is 0 Å². The second-order valence-corrected chi connectivity index (χ2v) is 6.38. The summed E-state index contributed by atoms with van der Waals surface area (Å²) in [5.41, 5.74) is 2.86. The Morgan fingerprint density at radius 2 is 1.74 bits per heavy atom. The molecule has 130 valence electrons. The summed E-state index contributed by atoms with van der Waals surface area (Å²) < 4.78 is 5.89. The van der Waals surface area contributed by atoms with Gasteiger partial charge in [-0.15, -0.1) is 5.10 Å². The molecule has 0 bridgehead atoms. The molecule has 0 aliphatic heterocycles. The zero-order chi connectivity index (χ0) is 18.4. The van der Waals surface area contributed by atoms with Crippen molar-refractivity contribution in [3.8, 4) is 22.6 Å². The van der Waals surface area contributed by atoms with Crippen LogP contribution in [0.4, 0.5) is 0 Å². The first-order chi connectivity index (χ1) is 13.2. The number of nitrogens with zero attached hydrogens (tertiary/aromatic N) is 4. The number of rotatable bonds is 2. The van der Waals surface area contributed by atoms with Crippen LogP contribution in [-0.4, -0.2) is 25.6 Å². The maximum Gasteiger partial charge on any atom is 0.231 e. The summed E-state index contributed by atoms with van der Waals surface area (Å²) in [4.78, 5) is 17.4. The normalized spacial score (nSPS) is 11.3. The average Bonchev–Trinajstić information content (AvgIpc) is 3.23. The Morgan fingerprint density at radius 1 is 0.926 bits per heavy atom. The lowest BCUT2D eigenvalue weighted by atomic mass is 10.1. The standard InChI is InChI=1S/C19H10ClN5O2/c20-12-4-1-10(2-5-12)15-7-6-13-17(26)14-9-11(18-22-24-25-23-18)3-8-16(14)27-19(13)21-15/h1-9H,(H,22,23,24,25). The minimum Gasteiger partial charge on any atom is -0.437 e. The highest BCUT2D eigenvalue weighted by atomic mass is 35.5. The van der Waals surface area contributed by atoms with Crippen LogP contribution in [0.15, 0.2) is 63.8 Å². The number of pyridine rings is 1. The number of fused-ring (bicyclic) bond motifs is 2. The molecule has 0 saturated carbocycles. The lowest BCUT2D eigenvalue weighted by Gasteiger charge is -2.05. The van der Waals surface area contributed by atoms with E-state index in [9.17, 15) is 4.79 Å². The maximum absolute atomic E-state index is 12.9. The van der Waals surface area contributed by atoms with Crippen LogP contribution in [0.5, 0.6) is 0 Å². The van der Waals surface area contributed by atoms with Gasteiger partial charge in [0.1, 0.15) is 5.58 Å². The summed E-state index contributed by atoms with van der Waals surface area (Å²) in [5, 5.41) is 15.2. The molecule has 7 nitrogen and oxygen atoms in total. The van der Waals surface area contributed by atoms with E-state index in [1.807, 2.05) is 12.1 Å². The number of tetrazole rings is 1. The first kappa shape index (κ1) is 15.7. The van der Waals surface area contributed by atoms with Gasteiger partial charge in [-0.25, -0.2) is 10.1 Å². The largest absolute Gasteiger partial charge is 0.437 e. The molecule has 27 heavy (non-hydrogen) atoms. The van der Waals surface area contributed by atoms with E-state index in [1.165, 1.54) is 0 Å². The van der Waals surface area contributed by atoms with E-state index in [-0.39, 0.29) is 11.1 Å². The topological polar surface area (TPSA) is 97.6 Å². The smallest absolute Gasteiger partial charge is 0.231 e. The lowest BCUT2D eigenvalue weighted by Crippen LogP contribution is -2.03. The number of aromatic nitrogens is 5. The molecule has 2 aromatic carbocycles. The Hall–Kier alpha value is -3.58. The molecule has 5 aromatic rings. The molecule has 0 aliphatic carbocycles. The molecule has 0 fully saturated rings. The Kier molecular flexibility index (Phi) is 3.48. The second kappa shape index (κ2) is 6.00. The molecule has 5 rings (SSSR count). The third kappa shape index (κ3) is 2.65. The number of hydrogen-bond acceptors (Lipinski definition) is 6. The highest BCUT2D eigenvalue weighted by Crippen LogP contribution is 2.25. The summed E-state index contributed by atoms with van der Waals surface area (Å²) in [7, 11) is 0. The van der Waals surface area contributed by atoms with Gasteiger partial charge in [0.25, 0.3) is 0 Å². The van der Waals surface area contributed by atoms with Gasteiger partial charge in [0.15, 0.2) is 5.82 Å². The van der Waals surface area contributed by atoms with E-state index in [4.69, 9.17) is 16.0 Å². The summed E-state index contributed by atoms with van der Waals surface area (Å²) in [6, 6.07) is 16.0. The number of benzene rings is 2. The fraction of sp³-hybridized carbons (Fsp3) is 0. The molecule has 0 amide bonds. The van der Waals surface area contributed by atoms with E-state index >= 15 is 0 Å².